The van der Waals surface area contributed by atoms with E-state index < -0.39 is 29.6 Å². The Morgan fingerprint density at radius 3 is 2.36 bits per heavy atom. The van der Waals surface area contributed by atoms with Crippen molar-refractivity contribution in [1.82, 2.24) is 20.2 Å². The lowest BCUT2D eigenvalue weighted by molar-refractivity contribution is -0.125. The summed E-state index contributed by atoms with van der Waals surface area (Å²) in [5, 5.41) is 11.9. The largest absolute Gasteiger partial charge is 0.444 e. The Morgan fingerprint density at radius 1 is 1.05 bits per heavy atom. The monoisotopic (exact) mass is 604 g/mol. The first-order chi connectivity index (χ1) is 20.8. The molecule has 0 fully saturated rings. The molecule has 6 N–H and O–H groups in total. The first-order valence-electron chi connectivity index (χ1n) is 14.2. The molecule has 0 aliphatic carbocycles. The number of amides is 4. The predicted molar refractivity (Wildman–Crippen MR) is 169 cm³/mol. The molecule has 0 aliphatic heterocycles. The normalized spacial score (nSPS) is 11.6. The smallest absolute Gasteiger partial charge is 0.410 e. The van der Waals surface area contributed by atoms with Crippen molar-refractivity contribution in [2.24, 2.45) is 5.73 Å². The number of hydrogen-bond donors (Lipinski definition) is 5. The summed E-state index contributed by atoms with van der Waals surface area (Å²) in [6.07, 6.45) is 1.61. The van der Waals surface area contributed by atoms with E-state index in [-0.39, 0.29) is 24.0 Å². The number of likely N-dealkylation sites (N-methyl/N-ethyl adjacent to an activating group) is 1. The molecule has 0 saturated heterocycles. The highest BCUT2D eigenvalue weighted by Crippen LogP contribution is 2.22. The van der Waals surface area contributed by atoms with E-state index in [1.807, 2.05) is 6.92 Å². The van der Waals surface area contributed by atoms with Crippen LogP contribution in [0.5, 0.6) is 0 Å². The number of nitrogens with two attached hydrogens (primary N) is 1. The van der Waals surface area contributed by atoms with Crippen LogP contribution in [-0.2, 0) is 16.1 Å². The van der Waals surface area contributed by atoms with Gasteiger partial charge in [-0.25, -0.2) is 9.78 Å². The zero-order valence-corrected chi connectivity index (χ0v) is 25.9. The Balaban J connectivity index is 1.72. The van der Waals surface area contributed by atoms with Gasteiger partial charge in [-0.05, 0) is 70.0 Å². The van der Waals surface area contributed by atoms with Gasteiger partial charge in [-0.1, -0.05) is 25.1 Å². The molecular formula is C31H40N8O5. The lowest BCUT2D eigenvalue weighted by Gasteiger charge is -2.28. The number of carbonyl (C=O) groups is 4. The Bertz CT molecular complexity index is 1490. The van der Waals surface area contributed by atoms with Crippen LogP contribution in [0.1, 0.15) is 67.3 Å². The maximum Gasteiger partial charge on any atom is 0.410 e. The predicted octanol–water partition coefficient (Wildman–Crippen LogP) is 4.26. The molecule has 44 heavy (non-hydrogen) atoms. The van der Waals surface area contributed by atoms with Crippen molar-refractivity contribution in [1.29, 1.82) is 0 Å². The third-order valence-electron chi connectivity index (χ3n) is 6.36. The third-order valence-corrected chi connectivity index (χ3v) is 6.36. The lowest BCUT2D eigenvalue weighted by atomic mass is 10.1. The fraction of sp³-hybridized carbons (Fsp3) is 0.355. The van der Waals surface area contributed by atoms with Gasteiger partial charge in [-0.15, -0.1) is 0 Å². The minimum absolute atomic E-state index is 0.108. The highest BCUT2D eigenvalue weighted by molar-refractivity contribution is 6.07. The number of benzene rings is 2. The number of hydrogen-bond acceptors (Lipinski definition) is 9. The fourth-order valence-electron chi connectivity index (χ4n) is 3.82. The average molecular weight is 605 g/mol. The molecule has 1 aromatic heterocycles. The molecule has 13 heteroatoms. The maximum atomic E-state index is 13.4. The van der Waals surface area contributed by atoms with Crippen molar-refractivity contribution >= 4 is 47.0 Å². The van der Waals surface area contributed by atoms with Crippen molar-refractivity contribution in [3.63, 3.8) is 0 Å². The van der Waals surface area contributed by atoms with E-state index >= 15 is 0 Å². The van der Waals surface area contributed by atoms with Crippen LogP contribution in [0.25, 0.3) is 0 Å². The third kappa shape index (κ3) is 9.41. The number of rotatable bonds is 12. The summed E-state index contributed by atoms with van der Waals surface area (Å²) in [7, 11) is 1.50. The lowest BCUT2D eigenvalue weighted by Crippen LogP contribution is -2.47. The molecule has 3 aromatic rings. The van der Waals surface area contributed by atoms with Gasteiger partial charge in [-0.3, -0.25) is 19.3 Å². The second-order valence-corrected chi connectivity index (χ2v) is 11.0. The minimum atomic E-state index is -0.788. The molecule has 234 valence electrons. The van der Waals surface area contributed by atoms with E-state index in [1.165, 1.54) is 18.1 Å². The van der Waals surface area contributed by atoms with Crippen LogP contribution in [0.4, 0.5) is 27.9 Å². The van der Waals surface area contributed by atoms with Crippen molar-refractivity contribution in [3.05, 3.63) is 71.4 Å². The van der Waals surface area contributed by atoms with Crippen LogP contribution in [0.3, 0.4) is 0 Å². The van der Waals surface area contributed by atoms with E-state index in [0.29, 0.717) is 34.9 Å². The number of primary amides is 1. The van der Waals surface area contributed by atoms with E-state index in [4.69, 9.17) is 10.5 Å². The van der Waals surface area contributed by atoms with E-state index in [1.54, 1.807) is 76.2 Å². The van der Waals surface area contributed by atoms with Crippen LogP contribution in [0.2, 0.25) is 0 Å². The summed E-state index contributed by atoms with van der Waals surface area (Å²) >= 11 is 0. The first kappa shape index (κ1) is 33.3. The molecule has 0 aliphatic rings. The van der Waals surface area contributed by atoms with Gasteiger partial charge >= 0.3 is 6.09 Å². The van der Waals surface area contributed by atoms with Crippen molar-refractivity contribution in [3.8, 4) is 0 Å². The summed E-state index contributed by atoms with van der Waals surface area (Å²) < 4.78 is 5.35. The molecular weight excluding hydrogens is 564 g/mol. The highest BCUT2D eigenvalue weighted by Gasteiger charge is 2.27. The SMILES string of the molecule is CCCNc1nc(Nc2ccc(C(N)=O)cc2)ncc1C(=O)Nc1ccccc1CNC(=O)[C@H](C)N(C)C(=O)OC(C)(C)C. The number of anilines is 4. The zero-order valence-electron chi connectivity index (χ0n) is 25.9. The van der Waals surface area contributed by atoms with Crippen LogP contribution in [0.15, 0.2) is 54.7 Å². The molecule has 0 radical (unpaired) electrons. The standard InChI is InChI=1S/C31H40N8O5/c1-7-16-33-26-23(18-35-29(38-26)36-22-14-12-20(13-15-22)25(32)40)28(42)37-24-11-9-8-10-21(24)17-34-27(41)19(2)39(6)30(43)44-31(3,4)5/h8-15,18-19H,7,16-17H2,1-6H3,(H2,32,40)(H,34,41)(H,37,42)(H2,33,35,36,38)/t19-/m0/s1. The van der Waals surface area contributed by atoms with Crippen molar-refractivity contribution in [2.75, 3.05) is 29.5 Å². The van der Waals surface area contributed by atoms with Gasteiger partial charge in [0.25, 0.3) is 5.91 Å². The minimum Gasteiger partial charge on any atom is -0.444 e. The number of nitrogens with zero attached hydrogens (tertiary/aromatic N) is 3. The van der Waals surface area contributed by atoms with E-state index in [0.717, 1.165) is 6.42 Å². The van der Waals surface area contributed by atoms with Crippen LogP contribution in [-0.4, -0.2) is 63.9 Å². The molecule has 1 heterocycles. The molecule has 0 spiro atoms. The quantitative estimate of drug-likeness (QED) is 0.202. The van der Waals surface area contributed by atoms with Gasteiger partial charge in [0.1, 0.15) is 23.0 Å². The van der Waals surface area contributed by atoms with Crippen molar-refractivity contribution < 1.29 is 23.9 Å². The summed E-state index contributed by atoms with van der Waals surface area (Å²) in [5.41, 5.74) is 6.99. The summed E-state index contributed by atoms with van der Waals surface area (Å²) in [5.74, 6) is -0.774. The Hall–Kier alpha value is -5.20. The summed E-state index contributed by atoms with van der Waals surface area (Å²) in [6.45, 7) is 9.53. The average Bonchev–Trinajstić information content (AvgIpc) is 2.98. The number of aromatic nitrogens is 2. The molecule has 3 rings (SSSR count). The van der Waals surface area contributed by atoms with E-state index in [2.05, 4.69) is 31.2 Å². The molecule has 0 unspecified atom stereocenters. The molecule has 13 nitrogen and oxygen atoms in total. The summed E-state index contributed by atoms with van der Waals surface area (Å²) in [6, 6.07) is 12.8. The Labute approximate surface area is 257 Å². The van der Waals surface area contributed by atoms with Crippen LogP contribution in [0, 0.1) is 0 Å². The van der Waals surface area contributed by atoms with Gasteiger partial charge in [0, 0.05) is 43.3 Å². The van der Waals surface area contributed by atoms with Gasteiger partial charge in [0.05, 0.1) is 0 Å². The van der Waals surface area contributed by atoms with Crippen LogP contribution < -0.4 is 27.0 Å². The first-order valence-corrected chi connectivity index (χ1v) is 14.2. The summed E-state index contributed by atoms with van der Waals surface area (Å²) in [4.78, 5) is 60.0. The second-order valence-electron chi connectivity index (χ2n) is 11.0. The van der Waals surface area contributed by atoms with Gasteiger partial charge in [0.15, 0.2) is 0 Å². The number of nitrogens with one attached hydrogen (secondary N) is 4. The van der Waals surface area contributed by atoms with Gasteiger partial charge < -0.3 is 31.7 Å². The number of ether oxygens (including phenoxy) is 1. The van der Waals surface area contributed by atoms with E-state index in [9.17, 15) is 19.2 Å². The molecule has 0 saturated carbocycles. The van der Waals surface area contributed by atoms with Gasteiger partial charge in [-0.2, -0.15) is 4.98 Å². The van der Waals surface area contributed by atoms with Crippen LogP contribution >= 0.6 is 0 Å². The maximum absolute atomic E-state index is 13.4. The zero-order chi connectivity index (χ0) is 32.4. The number of carbonyl (C=O) groups excluding carboxylic acids is 4. The number of para-hydroxylation sites is 1. The fourth-order valence-corrected chi connectivity index (χ4v) is 3.82. The highest BCUT2D eigenvalue weighted by atomic mass is 16.6. The molecule has 1 atom stereocenters. The molecule has 2 aromatic carbocycles. The Kier molecular flexibility index (Phi) is 11.2. The topological polar surface area (TPSA) is 181 Å². The van der Waals surface area contributed by atoms with Gasteiger partial charge in [0.2, 0.25) is 17.8 Å². The second kappa shape index (κ2) is 14.8. The molecule has 4 amide bonds. The molecule has 0 bridgehead atoms. The Morgan fingerprint density at radius 2 is 1.73 bits per heavy atom. The van der Waals surface area contributed by atoms with Crippen molar-refractivity contribution in [2.45, 2.75) is 59.2 Å².